The van der Waals surface area contributed by atoms with Gasteiger partial charge in [0.2, 0.25) is 15.9 Å². The highest BCUT2D eigenvalue weighted by atomic mass is 35.5. The van der Waals surface area contributed by atoms with Crippen LogP contribution in [0.2, 0.25) is 5.02 Å². The average Bonchev–Trinajstić information content (AvgIpc) is 2.69. The van der Waals surface area contributed by atoms with E-state index in [4.69, 9.17) is 18.0 Å². The molecule has 1 aromatic rings. The molecule has 2 fully saturated rings. The predicted molar refractivity (Wildman–Crippen MR) is 105 cm³/mol. The van der Waals surface area contributed by atoms with Gasteiger partial charge in [0.15, 0.2) is 0 Å². The van der Waals surface area contributed by atoms with E-state index in [0.717, 1.165) is 25.9 Å². The van der Waals surface area contributed by atoms with Crippen molar-refractivity contribution >= 4 is 27.5 Å². The Bertz CT molecular complexity index is 804. The molecular weight excluding hydrogens is 386 g/mol. The van der Waals surface area contributed by atoms with E-state index in [1.165, 1.54) is 16.4 Å². The third-order valence-electron chi connectivity index (χ3n) is 5.25. The van der Waals surface area contributed by atoms with Crippen LogP contribution < -0.4 is 0 Å². The summed E-state index contributed by atoms with van der Waals surface area (Å²) in [5.74, 6) is 2.79. The first kappa shape index (κ1) is 20.2. The first-order valence-corrected chi connectivity index (χ1v) is 10.9. The molecule has 2 saturated heterocycles. The molecule has 0 spiro atoms. The summed E-state index contributed by atoms with van der Waals surface area (Å²) in [6.45, 7) is 3.78. The largest absolute Gasteiger partial charge is 0.340 e. The fourth-order valence-electron chi connectivity index (χ4n) is 3.63. The van der Waals surface area contributed by atoms with Crippen LogP contribution in [0.25, 0.3) is 0 Å². The normalized spacial score (nSPS) is 20.4. The highest BCUT2D eigenvalue weighted by Gasteiger charge is 2.33. The van der Waals surface area contributed by atoms with Crippen LogP contribution in [-0.2, 0) is 14.8 Å². The molecule has 8 heteroatoms. The summed E-state index contributed by atoms with van der Waals surface area (Å²) in [7, 11) is -3.56. The van der Waals surface area contributed by atoms with Crippen LogP contribution in [0, 0.1) is 18.3 Å². The van der Waals surface area contributed by atoms with Crippen LogP contribution in [0.15, 0.2) is 29.2 Å². The predicted octanol–water partition coefficient (Wildman–Crippen LogP) is 1.52. The Kier molecular flexibility index (Phi) is 6.43. The zero-order valence-electron chi connectivity index (χ0n) is 15.2. The molecule has 0 unspecified atom stereocenters. The van der Waals surface area contributed by atoms with Crippen LogP contribution in [0.4, 0.5) is 0 Å². The minimum atomic E-state index is -3.56. The van der Waals surface area contributed by atoms with Crippen molar-refractivity contribution in [2.24, 2.45) is 5.92 Å². The molecule has 0 bridgehead atoms. The lowest BCUT2D eigenvalue weighted by atomic mass is 9.95. The van der Waals surface area contributed by atoms with Gasteiger partial charge in [-0.2, -0.15) is 4.31 Å². The highest BCUT2D eigenvalue weighted by Crippen LogP contribution is 2.23. The lowest BCUT2D eigenvalue weighted by molar-refractivity contribution is -0.138. The average molecular weight is 410 g/mol. The number of amides is 1. The lowest BCUT2D eigenvalue weighted by Crippen LogP contribution is -2.52. The van der Waals surface area contributed by atoms with Crippen LogP contribution in [0.1, 0.15) is 12.8 Å². The number of sulfonamides is 1. The molecule has 0 N–H and O–H groups in total. The Morgan fingerprint density at radius 2 is 1.67 bits per heavy atom. The lowest BCUT2D eigenvalue weighted by Gasteiger charge is -2.37. The van der Waals surface area contributed by atoms with Gasteiger partial charge in [0.1, 0.15) is 0 Å². The molecule has 1 amide bonds. The number of benzene rings is 1. The van der Waals surface area contributed by atoms with Gasteiger partial charge < -0.3 is 4.90 Å². The molecule has 1 aromatic carbocycles. The van der Waals surface area contributed by atoms with E-state index in [2.05, 4.69) is 10.8 Å². The summed E-state index contributed by atoms with van der Waals surface area (Å²) >= 11 is 5.84. The number of piperidine rings is 1. The molecule has 27 heavy (non-hydrogen) atoms. The second-order valence-corrected chi connectivity index (χ2v) is 9.31. The number of rotatable bonds is 4. The molecule has 0 aromatic heterocycles. The van der Waals surface area contributed by atoms with Crippen molar-refractivity contribution in [1.82, 2.24) is 14.1 Å². The molecule has 2 aliphatic rings. The van der Waals surface area contributed by atoms with Gasteiger partial charge in [-0.15, -0.1) is 6.42 Å². The van der Waals surface area contributed by atoms with Crippen LogP contribution in [0.5, 0.6) is 0 Å². The number of hydrogen-bond acceptors (Lipinski definition) is 4. The first-order valence-electron chi connectivity index (χ1n) is 9.12. The van der Waals surface area contributed by atoms with Gasteiger partial charge in [0.05, 0.1) is 11.4 Å². The molecular formula is C19H24ClN3O3S. The fourth-order valence-corrected chi connectivity index (χ4v) is 5.18. The zero-order chi connectivity index (χ0) is 19.4. The monoisotopic (exact) mass is 409 g/mol. The number of carbonyl (C=O) groups excluding carboxylic acids is 1. The topological polar surface area (TPSA) is 60.9 Å². The maximum atomic E-state index is 12.8. The first-order chi connectivity index (χ1) is 12.9. The molecule has 3 rings (SSSR count). The van der Waals surface area contributed by atoms with Crippen molar-refractivity contribution in [3.63, 3.8) is 0 Å². The standard InChI is InChI=1S/C19H24ClN3O3S/c1-2-9-21-10-7-16(8-11-21)19(24)22-12-14-23(15-13-22)27(25,26)18-5-3-17(20)4-6-18/h1,3-6,16H,7-15H2. The number of piperazine rings is 1. The second kappa shape index (κ2) is 8.61. The molecule has 0 radical (unpaired) electrons. The summed E-state index contributed by atoms with van der Waals surface area (Å²) in [5.41, 5.74) is 0. The molecule has 2 aliphatic heterocycles. The quantitative estimate of drug-likeness (QED) is 0.707. The van der Waals surface area contributed by atoms with E-state index < -0.39 is 10.0 Å². The maximum absolute atomic E-state index is 12.8. The van der Waals surface area contributed by atoms with Crippen LogP contribution in [0.3, 0.4) is 0 Å². The van der Waals surface area contributed by atoms with Crippen molar-refractivity contribution in [1.29, 1.82) is 0 Å². The summed E-state index contributed by atoms with van der Waals surface area (Å²) in [6, 6.07) is 6.17. The van der Waals surface area contributed by atoms with Crippen LogP contribution in [-0.4, -0.2) is 74.2 Å². The number of terminal acetylenes is 1. The maximum Gasteiger partial charge on any atom is 0.243 e. The van der Waals surface area contributed by atoms with Gasteiger partial charge in [-0.3, -0.25) is 9.69 Å². The van der Waals surface area contributed by atoms with Crippen molar-refractivity contribution in [3.8, 4) is 12.3 Å². The molecule has 146 valence electrons. The van der Waals surface area contributed by atoms with Crippen molar-refractivity contribution in [2.45, 2.75) is 17.7 Å². The third-order valence-corrected chi connectivity index (χ3v) is 7.42. The van der Waals surface area contributed by atoms with E-state index in [0.29, 0.717) is 37.7 Å². The van der Waals surface area contributed by atoms with E-state index in [-0.39, 0.29) is 16.7 Å². The van der Waals surface area contributed by atoms with Crippen molar-refractivity contribution in [3.05, 3.63) is 29.3 Å². The minimum Gasteiger partial charge on any atom is -0.340 e. The van der Waals surface area contributed by atoms with Crippen molar-refractivity contribution in [2.75, 3.05) is 45.8 Å². The van der Waals surface area contributed by atoms with Gasteiger partial charge in [-0.25, -0.2) is 8.42 Å². The summed E-state index contributed by atoms with van der Waals surface area (Å²) in [5, 5.41) is 0.498. The second-order valence-electron chi connectivity index (χ2n) is 6.94. The Morgan fingerprint density at radius 1 is 1.07 bits per heavy atom. The number of carbonyl (C=O) groups is 1. The van der Waals surface area contributed by atoms with Gasteiger partial charge in [0.25, 0.3) is 0 Å². The van der Waals surface area contributed by atoms with Gasteiger partial charge in [-0.1, -0.05) is 17.5 Å². The Hall–Kier alpha value is -1.59. The summed E-state index contributed by atoms with van der Waals surface area (Å²) in [6.07, 6.45) is 6.96. The third kappa shape index (κ3) is 4.64. The highest BCUT2D eigenvalue weighted by molar-refractivity contribution is 7.89. The SMILES string of the molecule is C#CCN1CCC(C(=O)N2CCN(S(=O)(=O)c3ccc(Cl)cc3)CC2)CC1. The minimum absolute atomic E-state index is 0.0125. The Labute approximate surface area is 166 Å². The van der Waals surface area contributed by atoms with E-state index >= 15 is 0 Å². The van der Waals surface area contributed by atoms with Crippen molar-refractivity contribution < 1.29 is 13.2 Å². The number of hydrogen-bond donors (Lipinski definition) is 0. The molecule has 2 heterocycles. The zero-order valence-corrected chi connectivity index (χ0v) is 16.8. The smallest absolute Gasteiger partial charge is 0.243 e. The number of nitrogens with zero attached hydrogens (tertiary/aromatic N) is 3. The Balaban J connectivity index is 1.55. The van der Waals surface area contributed by atoms with Gasteiger partial charge in [-0.05, 0) is 50.2 Å². The molecule has 0 atom stereocenters. The summed E-state index contributed by atoms with van der Waals surface area (Å²) < 4.78 is 26.9. The Morgan fingerprint density at radius 3 is 2.22 bits per heavy atom. The van der Waals surface area contributed by atoms with Gasteiger partial charge >= 0.3 is 0 Å². The van der Waals surface area contributed by atoms with E-state index in [9.17, 15) is 13.2 Å². The number of likely N-dealkylation sites (tertiary alicyclic amines) is 1. The molecule has 0 saturated carbocycles. The van der Waals surface area contributed by atoms with E-state index in [1.54, 1.807) is 17.0 Å². The van der Waals surface area contributed by atoms with Crippen LogP contribution >= 0.6 is 11.6 Å². The number of halogens is 1. The summed E-state index contributed by atoms with van der Waals surface area (Å²) in [4.78, 5) is 17.0. The van der Waals surface area contributed by atoms with E-state index in [1.807, 2.05) is 0 Å². The molecule has 0 aliphatic carbocycles. The van der Waals surface area contributed by atoms with Gasteiger partial charge in [0, 0.05) is 37.1 Å². The molecule has 6 nitrogen and oxygen atoms in total. The fraction of sp³-hybridized carbons (Fsp3) is 0.526.